The molecule has 98 valence electrons. The van der Waals surface area contributed by atoms with E-state index in [0.29, 0.717) is 0 Å². The molecule has 0 spiro atoms. The lowest BCUT2D eigenvalue weighted by molar-refractivity contribution is -0.146. The van der Waals surface area contributed by atoms with Crippen LogP contribution in [-0.2, 0) is 9.53 Å². The molecule has 0 aromatic rings. The molecule has 1 saturated heterocycles. The Morgan fingerprint density at radius 1 is 1.41 bits per heavy atom. The molecule has 0 saturated carbocycles. The third-order valence-corrected chi connectivity index (χ3v) is 2.50. The summed E-state index contributed by atoms with van der Waals surface area (Å²) in [5.74, 6) is -2.37. The van der Waals surface area contributed by atoms with Crippen LogP contribution in [0.25, 0.3) is 0 Å². The molecule has 1 fully saturated rings. The van der Waals surface area contributed by atoms with E-state index in [1.807, 2.05) is 0 Å². The predicted molar refractivity (Wildman–Crippen MR) is 58.4 cm³/mol. The molecule has 0 bridgehead atoms. The molecule has 6 heteroatoms. The van der Waals surface area contributed by atoms with Crippen molar-refractivity contribution in [1.82, 2.24) is 4.90 Å². The van der Waals surface area contributed by atoms with Crippen molar-refractivity contribution < 1.29 is 23.8 Å². The molecule has 1 rings (SSSR count). The Hall–Kier alpha value is -1.33. The van der Waals surface area contributed by atoms with Crippen LogP contribution in [0, 0.1) is 5.92 Å². The molecule has 5 nitrogen and oxygen atoms in total. The summed E-state index contributed by atoms with van der Waals surface area (Å²) >= 11 is 0. The Labute approximate surface area is 99.5 Å². The molecule has 0 aliphatic carbocycles. The number of carboxylic acids is 1. The number of likely N-dealkylation sites (tertiary alicyclic amines) is 1. The first-order chi connectivity index (χ1) is 7.70. The number of halogens is 1. The number of nitrogens with zero attached hydrogens (tertiary/aromatic N) is 1. The minimum atomic E-state index is -1.40. The molecule has 0 radical (unpaired) electrons. The number of carbonyl (C=O) groups is 2. The van der Waals surface area contributed by atoms with Gasteiger partial charge in [-0.05, 0) is 27.2 Å². The lowest BCUT2D eigenvalue weighted by Crippen LogP contribution is -2.48. The summed E-state index contributed by atoms with van der Waals surface area (Å²) in [7, 11) is 0. The van der Waals surface area contributed by atoms with Crippen LogP contribution in [-0.4, -0.2) is 46.9 Å². The van der Waals surface area contributed by atoms with Gasteiger partial charge in [-0.2, -0.15) is 0 Å². The van der Waals surface area contributed by atoms with Gasteiger partial charge in [-0.15, -0.1) is 0 Å². The number of amides is 1. The zero-order chi connectivity index (χ0) is 13.2. The van der Waals surface area contributed by atoms with Crippen molar-refractivity contribution in [1.29, 1.82) is 0 Å². The fraction of sp³-hybridized carbons (Fsp3) is 0.818. The van der Waals surface area contributed by atoms with Crippen molar-refractivity contribution in [2.45, 2.75) is 39.0 Å². The average molecular weight is 247 g/mol. The van der Waals surface area contributed by atoms with Crippen LogP contribution < -0.4 is 0 Å². The third kappa shape index (κ3) is 3.87. The van der Waals surface area contributed by atoms with Gasteiger partial charge in [0.25, 0.3) is 0 Å². The molecule has 2 atom stereocenters. The van der Waals surface area contributed by atoms with Crippen LogP contribution in [0.4, 0.5) is 9.18 Å². The fourth-order valence-corrected chi connectivity index (χ4v) is 1.65. The van der Waals surface area contributed by atoms with Crippen molar-refractivity contribution in [3.8, 4) is 0 Å². The topological polar surface area (TPSA) is 66.8 Å². The molecule has 1 amide bonds. The summed E-state index contributed by atoms with van der Waals surface area (Å²) in [6.45, 7) is 5.23. The molecule has 17 heavy (non-hydrogen) atoms. The summed E-state index contributed by atoms with van der Waals surface area (Å²) in [4.78, 5) is 23.7. The van der Waals surface area contributed by atoms with E-state index in [0.717, 1.165) is 0 Å². The van der Waals surface area contributed by atoms with Crippen LogP contribution in [0.1, 0.15) is 27.2 Å². The number of alkyl halides is 1. The maximum Gasteiger partial charge on any atom is 0.410 e. The second kappa shape index (κ2) is 4.89. The maximum atomic E-state index is 13.3. The maximum absolute atomic E-state index is 13.3. The van der Waals surface area contributed by atoms with E-state index >= 15 is 0 Å². The summed E-state index contributed by atoms with van der Waals surface area (Å²) < 4.78 is 18.4. The van der Waals surface area contributed by atoms with Crippen molar-refractivity contribution >= 4 is 12.1 Å². The van der Waals surface area contributed by atoms with E-state index in [-0.39, 0.29) is 19.5 Å². The predicted octanol–water partition coefficient (Wildman–Crippen LogP) is 1.67. The lowest BCUT2D eigenvalue weighted by Gasteiger charge is -2.34. The average Bonchev–Trinajstić information content (AvgIpc) is 2.14. The molecule has 1 heterocycles. The highest BCUT2D eigenvalue weighted by molar-refractivity contribution is 5.74. The Balaban J connectivity index is 2.62. The molecule has 0 aromatic carbocycles. The quantitative estimate of drug-likeness (QED) is 0.765. The van der Waals surface area contributed by atoms with E-state index in [1.165, 1.54) is 4.90 Å². The number of hydrogen-bond donors (Lipinski definition) is 1. The van der Waals surface area contributed by atoms with E-state index in [9.17, 15) is 14.0 Å². The number of carboxylic acid groups (broad SMARTS) is 1. The molecule has 0 aromatic heterocycles. The van der Waals surface area contributed by atoms with Gasteiger partial charge in [0.05, 0.1) is 0 Å². The van der Waals surface area contributed by atoms with Crippen molar-refractivity contribution in [3.05, 3.63) is 0 Å². The van der Waals surface area contributed by atoms with Gasteiger partial charge >= 0.3 is 12.1 Å². The molecule has 1 aliphatic rings. The van der Waals surface area contributed by atoms with Gasteiger partial charge in [0, 0.05) is 13.1 Å². The summed E-state index contributed by atoms with van der Waals surface area (Å²) in [6.07, 6.45) is -1.95. The highest BCUT2D eigenvalue weighted by atomic mass is 19.1. The summed E-state index contributed by atoms with van der Waals surface area (Å²) in [5, 5.41) is 8.82. The first-order valence-corrected chi connectivity index (χ1v) is 5.55. The Kier molecular flexibility index (Phi) is 3.95. The number of piperidine rings is 1. The number of aliphatic carboxylic acids is 1. The monoisotopic (exact) mass is 247 g/mol. The normalized spacial score (nSPS) is 25.5. The minimum Gasteiger partial charge on any atom is -0.481 e. The van der Waals surface area contributed by atoms with Crippen molar-refractivity contribution in [2.24, 2.45) is 5.92 Å². The highest BCUT2D eigenvalue weighted by Crippen LogP contribution is 2.22. The van der Waals surface area contributed by atoms with Gasteiger partial charge in [-0.3, -0.25) is 4.79 Å². The van der Waals surface area contributed by atoms with Crippen molar-refractivity contribution in [2.75, 3.05) is 13.1 Å². The summed E-state index contributed by atoms with van der Waals surface area (Å²) in [5.41, 5.74) is -0.637. The first-order valence-electron chi connectivity index (χ1n) is 5.55. The standard InChI is InChI=1S/C11H18FNO4/c1-11(2,3)17-10(16)13-5-4-8(12)7(6-13)9(14)15/h7-8H,4-6H2,1-3H3,(H,14,15)/t7-,8-/m1/s1. The van der Waals surface area contributed by atoms with Crippen LogP contribution in [0.15, 0.2) is 0 Å². The van der Waals surface area contributed by atoms with Gasteiger partial charge in [0.1, 0.15) is 17.7 Å². The zero-order valence-electron chi connectivity index (χ0n) is 10.3. The highest BCUT2D eigenvalue weighted by Gasteiger charge is 2.37. The molecular weight excluding hydrogens is 229 g/mol. The largest absolute Gasteiger partial charge is 0.481 e. The number of ether oxygens (including phenoxy) is 1. The zero-order valence-corrected chi connectivity index (χ0v) is 10.3. The van der Waals surface area contributed by atoms with Gasteiger partial charge in [0.2, 0.25) is 0 Å². The SMILES string of the molecule is CC(C)(C)OC(=O)N1CC[C@@H](F)[C@H](C(=O)O)C1. The van der Waals surface area contributed by atoms with Crippen LogP contribution >= 0.6 is 0 Å². The number of rotatable bonds is 1. The van der Waals surface area contributed by atoms with Gasteiger partial charge in [0.15, 0.2) is 0 Å². The van der Waals surface area contributed by atoms with Gasteiger partial charge in [-0.1, -0.05) is 0 Å². The third-order valence-electron chi connectivity index (χ3n) is 2.50. The van der Waals surface area contributed by atoms with E-state index < -0.39 is 29.8 Å². The smallest absolute Gasteiger partial charge is 0.410 e. The molecular formula is C11H18FNO4. The lowest BCUT2D eigenvalue weighted by atomic mass is 9.96. The molecule has 0 unspecified atom stereocenters. The minimum absolute atomic E-state index is 0.0379. The van der Waals surface area contributed by atoms with E-state index in [2.05, 4.69) is 0 Å². The summed E-state index contributed by atoms with van der Waals surface area (Å²) in [6, 6.07) is 0. The van der Waals surface area contributed by atoms with Crippen LogP contribution in [0.5, 0.6) is 0 Å². The van der Waals surface area contributed by atoms with E-state index in [4.69, 9.17) is 9.84 Å². The van der Waals surface area contributed by atoms with Crippen molar-refractivity contribution in [3.63, 3.8) is 0 Å². The number of hydrogen-bond acceptors (Lipinski definition) is 3. The Morgan fingerprint density at radius 3 is 2.47 bits per heavy atom. The van der Waals surface area contributed by atoms with Gasteiger partial charge < -0.3 is 14.7 Å². The second-order valence-corrected chi connectivity index (χ2v) is 5.18. The second-order valence-electron chi connectivity index (χ2n) is 5.18. The number of carbonyl (C=O) groups excluding carboxylic acids is 1. The molecule has 1 N–H and O–H groups in total. The molecule has 1 aliphatic heterocycles. The van der Waals surface area contributed by atoms with Crippen LogP contribution in [0.3, 0.4) is 0 Å². The Bertz CT molecular complexity index is 313. The van der Waals surface area contributed by atoms with E-state index in [1.54, 1.807) is 20.8 Å². The fourth-order valence-electron chi connectivity index (χ4n) is 1.65. The first kappa shape index (κ1) is 13.7. The van der Waals surface area contributed by atoms with Crippen LogP contribution in [0.2, 0.25) is 0 Å². The van der Waals surface area contributed by atoms with Gasteiger partial charge in [-0.25, -0.2) is 9.18 Å². The Morgan fingerprint density at radius 2 is 2.00 bits per heavy atom.